The first-order valence-corrected chi connectivity index (χ1v) is 6.39. The standard InChI is InChI=1S/C14H17ClO4/c1-6(2)8-5-9(13(16)17)11(14(18)19)10(7(3)4)12(8)15/h5-7H,1-4H3,(H,16,17)(H,18,19). The lowest BCUT2D eigenvalue weighted by atomic mass is 9.87. The topological polar surface area (TPSA) is 74.6 Å². The Kier molecular flexibility index (Phi) is 4.58. The summed E-state index contributed by atoms with van der Waals surface area (Å²) < 4.78 is 0. The summed E-state index contributed by atoms with van der Waals surface area (Å²) in [6, 6.07) is 1.37. The molecule has 104 valence electrons. The summed E-state index contributed by atoms with van der Waals surface area (Å²) in [5.74, 6) is -2.67. The summed E-state index contributed by atoms with van der Waals surface area (Å²) in [6.45, 7) is 7.36. The van der Waals surface area contributed by atoms with Gasteiger partial charge >= 0.3 is 11.9 Å². The van der Waals surface area contributed by atoms with Crippen LogP contribution in [-0.4, -0.2) is 22.2 Å². The second kappa shape index (κ2) is 5.61. The Hall–Kier alpha value is -1.55. The van der Waals surface area contributed by atoms with Crippen molar-refractivity contribution in [1.82, 2.24) is 0 Å². The molecule has 0 heterocycles. The van der Waals surface area contributed by atoms with Crippen molar-refractivity contribution in [2.75, 3.05) is 0 Å². The maximum atomic E-state index is 11.4. The number of halogens is 1. The Morgan fingerprint density at radius 2 is 1.58 bits per heavy atom. The smallest absolute Gasteiger partial charge is 0.336 e. The lowest BCUT2D eigenvalue weighted by molar-refractivity contribution is 0.0650. The van der Waals surface area contributed by atoms with Crippen LogP contribution in [0, 0.1) is 0 Å². The highest BCUT2D eigenvalue weighted by Gasteiger charge is 2.27. The molecule has 0 saturated heterocycles. The number of benzene rings is 1. The van der Waals surface area contributed by atoms with Crippen molar-refractivity contribution < 1.29 is 19.8 Å². The molecule has 1 aromatic carbocycles. The highest BCUT2D eigenvalue weighted by molar-refractivity contribution is 6.33. The van der Waals surface area contributed by atoms with Gasteiger partial charge in [0.05, 0.1) is 11.1 Å². The summed E-state index contributed by atoms with van der Waals surface area (Å²) >= 11 is 6.27. The number of carbonyl (C=O) groups is 2. The van der Waals surface area contributed by atoms with Gasteiger partial charge in [-0.3, -0.25) is 0 Å². The van der Waals surface area contributed by atoms with Gasteiger partial charge in [0.25, 0.3) is 0 Å². The van der Waals surface area contributed by atoms with Crippen LogP contribution in [-0.2, 0) is 0 Å². The second-order valence-corrected chi connectivity index (χ2v) is 5.41. The fourth-order valence-electron chi connectivity index (χ4n) is 2.06. The molecule has 19 heavy (non-hydrogen) atoms. The fraction of sp³-hybridized carbons (Fsp3) is 0.429. The predicted octanol–water partition coefficient (Wildman–Crippen LogP) is 3.98. The van der Waals surface area contributed by atoms with Gasteiger partial charge in [0.2, 0.25) is 0 Å². The third-order valence-corrected chi connectivity index (χ3v) is 3.39. The molecule has 1 rings (SSSR count). The van der Waals surface area contributed by atoms with E-state index in [4.69, 9.17) is 11.6 Å². The summed E-state index contributed by atoms with van der Waals surface area (Å²) in [7, 11) is 0. The van der Waals surface area contributed by atoms with E-state index in [1.807, 2.05) is 13.8 Å². The highest BCUT2D eigenvalue weighted by atomic mass is 35.5. The van der Waals surface area contributed by atoms with Crippen molar-refractivity contribution in [2.45, 2.75) is 39.5 Å². The van der Waals surface area contributed by atoms with Gasteiger partial charge in [-0.15, -0.1) is 0 Å². The molecule has 0 radical (unpaired) electrons. The number of rotatable bonds is 4. The van der Waals surface area contributed by atoms with Gasteiger partial charge in [-0.05, 0) is 29.0 Å². The van der Waals surface area contributed by atoms with E-state index >= 15 is 0 Å². The molecule has 0 aromatic heterocycles. The van der Waals surface area contributed by atoms with Crippen LogP contribution in [0.15, 0.2) is 6.07 Å². The van der Waals surface area contributed by atoms with Crippen LogP contribution >= 0.6 is 11.6 Å². The number of hydrogen-bond donors (Lipinski definition) is 2. The van der Waals surface area contributed by atoms with Crippen LogP contribution in [0.4, 0.5) is 0 Å². The molecule has 4 nitrogen and oxygen atoms in total. The van der Waals surface area contributed by atoms with Crippen LogP contribution < -0.4 is 0 Å². The predicted molar refractivity (Wildman–Crippen MR) is 73.5 cm³/mol. The van der Waals surface area contributed by atoms with E-state index in [-0.39, 0.29) is 23.0 Å². The number of aromatic carboxylic acids is 2. The molecule has 0 atom stereocenters. The van der Waals surface area contributed by atoms with Crippen molar-refractivity contribution in [3.05, 3.63) is 33.3 Å². The van der Waals surface area contributed by atoms with Crippen LogP contribution in [0.3, 0.4) is 0 Å². The van der Waals surface area contributed by atoms with Crippen LogP contribution in [0.2, 0.25) is 5.02 Å². The zero-order valence-electron chi connectivity index (χ0n) is 11.3. The average Bonchev–Trinajstić information content (AvgIpc) is 2.26. The van der Waals surface area contributed by atoms with Crippen LogP contribution in [0.25, 0.3) is 0 Å². The van der Waals surface area contributed by atoms with Gasteiger partial charge in [0.15, 0.2) is 0 Å². The average molecular weight is 285 g/mol. The zero-order chi connectivity index (χ0) is 14.9. The van der Waals surface area contributed by atoms with E-state index in [0.29, 0.717) is 16.1 Å². The Bertz CT molecular complexity index is 533. The molecule has 0 bridgehead atoms. The molecule has 2 N–H and O–H groups in total. The first-order valence-electron chi connectivity index (χ1n) is 6.01. The van der Waals surface area contributed by atoms with Crippen LogP contribution in [0.1, 0.15) is 71.4 Å². The third kappa shape index (κ3) is 2.89. The maximum Gasteiger partial charge on any atom is 0.336 e. The minimum atomic E-state index is -1.27. The molecular weight excluding hydrogens is 268 g/mol. The molecule has 0 fully saturated rings. The molecule has 0 aliphatic heterocycles. The third-order valence-electron chi connectivity index (χ3n) is 2.97. The molecule has 1 aromatic rings. The summed E-state index contributed by atoms with van der Waals surface area (Å²) in [4.78, 5) is 22.6. The first kappa shape index (κ1) is 15.5. The quantitative estimate of drug-likeness (QED) is 0.877. The molecule has 0 aliphatic carbocycles. The van der Waals surface area contributed by atoms with E-state index in [1.165, 1.54) is 6.07 Å². The lowest BCUT2D eigenvalue weighted by Gasteiger charge is -2.19. The fourth-order valence-corrected chi connectivity index (χ4v) is 2.65. The lowest BCUT2D eigenvalue weighted by Crippen LogP contribution is -2.15. The van der Waals surface area contributed by atoms with E-state index < -0.39 is 11.9 Å². The molecular formula is C14H17ClO4. The van der Waals surface area contributed by atoms with Crippen molar-refractivity contribution in [3.8, 4) is 0 Å². The summed E-state index contributed by atoms with van der Waals surface area (Å²) in [5, 5.41) is 18.8. The SMILES string of the molecule is CC(C)c1cc(C(=O)O)c(C(=O)O)c(C(C)C)c1Cl. The van der Waals surface area contributed by atoms with Crippen molar-refractivity contribution >= 4 is 23.5 Å². The largest absolute Gasteiger partial charge is 0.478 e. The maximum absolute atomic E-state index is 11.4. The Balaban J connectivity index is 3.83. The molecule has 0 unspecified atom stereocenters. The van der Waals surface area contributed by atoms with E-state index in [0.717, 1.165) is 0 Å². The number of carboxylic acid groups (broad SMARTS) is 2. The van der Waals surface area contributed by atoms with E-state index in [2.05, 4.69) is 0 Å². The van der Waals surface area contributed by atoms with Crippen molar-refractivity contribution in [1.29, 1.82) is 0 Å². The highest BCUT2D eigenvalue weighted by Crippen LogP contribution is 2.36. The molecule has 0 aliphatic rings. The Labute approximate surface area is 117 Å². The molecule has 0 saturated carbocycles. The first-order chi connectivity index (χ1) is 8.68. The minimum Gasteiger partial charge on any atom is -0.478 e. The van der Waals surface area contributed by atoms with E-state index in [9.17, 15) is 19.8 Å². The monoisotopic (exact) mass is 284 g/mol. The van der Waals surface area contributed by atoms with Gasteiger partial charge in [-0.2, -0.15) is 0 Å². The minimum absolute atomic E-state index is 0.0194. The number of hydrogen-bond acceptors (Lipinski definition) is 2. The molecule has 0 amide bonds. The van der Waals surface area contributed by atoms with Crippen molar-refractivity contribution in [2.24, 2.45) is 0 Å². The summed E-state index contributed by atoms with van der Waals surface area (Å²) in [5.41, 5.74) is 0.631. The van der Waals surface area contributed by atoms with Crippen LogP contribution in [0.5, 0.6) is 0 Å². The van der Waals surface area contributed by atoms with Gasteiger partial charge in [-0.1, -0.05) is 39.3 Å². The van der Waals surface area contributed by atoms with E-state index in [1.54, 1.807) is 13.8 Å². The van der Waals surface area contributed by atoms with Gasteiger partial charge in [-0.25, -0.2) is 9.59 Å². The molecule has 0 spiro atoms. The van der Waals surface area contributed by atoms with Crippen molar-refractivity contribution in [3.63, 3.8) is 0 Å². The van der Waals surface area contributed by atoms with Gasteiger partial charge < -0.3 is 10.2 Å². The normalized spacial score (nSPS) is 11.1. The second-order valence-electron chi connectivity index (χ2n) is 5.04. The number of carboxylic acids is 2. The molecule has 5 heteroatoms. The summed E-state index contributed by atoms with van der Waals surface area (Å²) in [6.07, 6.45) is 0. The Morgan fingerprint density at radius 3 is 1.89 bits per heavy atom. The zero-order valence-corrected chi connectivity index (χ0v) is 12.1. The Morgan fingerprint density at radius 1 is 1.05 bits per heavy atom. The van der Waals surface area contributed by atoms with Gasteiger partial charge in [0.1, 0.15) is 0 Å². The van der Waals surface area contributed by atoms with Gasteiger partial charge in [0, 0.05) is 5.02 Å².